The van der Waals surface area contributed by atoms with Gasteiger partial charge in [0.15, 0.2) is 0 Å². The van der Waals surface area contributed by atoms with Gasteiger partial charge in [-0.25, -0.2) is 4.79 Å². The molecule has 8 nitrogen and oxygen atoms in total. The van der Waals surface area contributed by atoms with Gasteiger partial charge in [0.25, 0.3) is 0 Å². The van der Waals surface area contributed by atoms with Crippen molar-refractivity contribution in [3.8, 4) is 0 Å². The summed E-state index contributed by atoms with van der Waals surface area (Å²) >= 11 is 0. The summed E-state index contributed by atoms with van der Waals surface area (Å²) in [5, 5.41) is 13.8. The van der Waals surface area contributed by atoms with Crippen LogP contribution in [0.5, 0.6) is 0 Å². The molecule has 0 aromatic heterocycles. The molecule has 5 N–H and O–H groups in total. The van der Waals surface area contributed by atoms with Crippen molar-refractivity contribution in [2.45, 2.75) is 12.5 Å². The minimum absolute atomic E-state index is 0.215. The number of hydrogen-bond acceptors (Lipinski definition) is 5. The molecule has 8 heteroatoms. The van der Waals surface area contributed by atoms with Crippen LogP contribution in [0.4, 0.5) is 4.79 Å². The van der Waals surface area contributed by atoms with Gasteiger partial charge in [-0.15, -0.1) is 0 Å². The summed E-state index contributed by atoms with van der Waals surface area (Å²) in [5.41, 5.74) is 5.31. The van der Waals surface area contributed by atoms with Crippen molar-refractivity contribution in [2.75, 3.05) is 45.9 Å². The highest BCUT2D eigenvalue weighted by atomic mass is 16.5. The van der Waals surface area contributed by atoms with Crippen molar-refractivity contribution in [2.24, 2.45) is 5.73 Å². The van der Waals surface area contributed by atoms with Crippen LogP contribution in [-0.4, -0.2) is 74.0 Å². The highest BCUT2D eigenvalue weighted by Crippen LogP contribution is 1.94. The molecule has 0 aromatic rings. The van der Waals surface area contributed by atoms with Crippen LogP contribution < -0.4 is 16.4 Å². The molecule has 0 radical (unpaired) electrons. The number of ether oxygens (including phenoxy) is 1. The summed E-state index contributed by atoms with van der Waals surface area (Å²) in [6, 6.07) is -1.24. The molecule has 0 aromatic carbocycles. The first-order valence-electron chi connectivity index (χ1n) is 6.40. The van der Waals surface area contributed by atoms with Crippen LogP contribution in [0.15, 0.2) is 0 Å². The van der Waals surface area contributed by atoms with E-state index in [1.165, 1.54) is 0 Å². The first-order chi connectivity index (χ1) is 9.09. The third-order valence-corrected chi connectivity index (χ3v) is 2.88. The summed E-state index contributed by atoms with van der Waals surface area (Å²) in [6.07, 6.45) is 0.215. The van der Waals surface area contributed by atoms with Crippen LogP contribution >= 0.6 is 0 Å². The minimum Gasteiger partial charge on any atom is -0.480 e. The van der Waals surface area contributed by atoms with E-state index < -0.39 is 12.0 Å². The number of hydrogen-bond donors (Lipinski definition) is 4. The van der Waals surface area contributed by atoms with Crippen molar-refractivity contribution >= 4 is 12.0 Å². The Labute approximate surface area is 112 Å². The molecule has 1 atom stereocenters. The van der Waals surface area contributed by atoms with E-state index in [0.29, 0.717) is 6.54 Å². The van der Waals surface area contributed by atoms with Gasteiger partial charge in [0.1, 0.15) is 6.04 Å². The molecule has 0 aliphatic carbocycles. The van der Waals surface area contributed by atoms with Crippen LogP contribution in [0.1, 0.15) is 6.42 Å². The van der Waals surface area contributed by atoms with Crippen molar-refractivity contribution < 1.29 is 19.4 Å². The molecular formula is C11H22N4O4. The fourth-order valence-corrected chi connectivity index (χ4v) is 1.68. The third kappa shape index (κ3) is 6.94. The summed E-state index contributed by atoms with van der Waals surface area (Å²) in [6.45, 7) is 4.82. The van der Waals surface area contributed by atoms with E-state index in [2.05, 4.69) is 15.5 Å². The lowest BCUT2D eigenvalue weighted by molar-refractivity contribution is -0.138. The Morgan fingerprint density at radius 3 is 2.53 bits per heavy atom. The van der Waals surface area contributed by atoms with Crippen LogP contribution in [0, 0.1) is 0 Å². The van der Waals surface area contributed by atoms with Gasteiger partial charge in [-0.1, -0.05) is 0 Å². The average molecular weight is 274 g/mol. The number of nitrogens with zero attached hydrogens (tertiary/aromatic N) is 1. The Balaban J connectivity index is 1.99. The highest BCUT2D eigenvalue weighted by Gasteiger charge is 2.12. The van der Waals surface area contributed by atoms with Gasteiger partial charge in [-0.2, -0.15) is 0 Å². The lowest BCUT2D eigenvalue weighted by Crippen LogP contribution is -2.44. The number of carboxylic acids is 1. The fourth-order valence-electron chi connectivity index (χ4n) is 1.68. The van der Waals surface area contributed by atoms with Gasteiger partial charge in [0.2, 0.25) is 0 Å². The van der Waals surface area contributed by atoms with Crippen molar-refractivity contribution in [3.05, 3.63) is 0 Å². The Hall–Kier alpha value is -1.38. The van der Waals surface area contributed by atoms with E-state index >= 15 is 0 Å². The molecule has 110 valence electrons. The standard InChI is InChI=1S/C11H22N4O4/c12-9(10(16)17)1-2-13-11(18)14-3-4-15-5-7-19-8-6-15/h9H,1-8,12H2,(H,16,17)(H2,13,14,18). The summed E-state index contributed by atoms with van der Waals surface area (Å²) in [5.74, 6) is -1.06. The number of carbonyl (C=O) groups is 2. The average Bonchev–Trinajstić information content (AvgIpc) is 2.39. The SMILES string of the molecule is NC(CCNC(=O)NCCN1CCOCC1)C(=O)O. The quantitative estimate of drug-likeness (QED) is 0.445. The topological polar surface area (TPSA) is 117 Å². The Kier molecular flexibility index (Phi) is 7.16. The summed E-state index contributed by atoms with van der Waals surface area (Å²) in [7, 11) is 0. The number of nitrogens with two attached hydrogens (primary N) is 1. The molecule has 1 fully saturated rings. The lowest BCUT2D eigenvalue weighted by atomic mass is 10.2. The minimum atomic E-state index is -1.06. The lowest BCUT2D eigenvalue weighted by Gasteiger charge is -2.26. The highest BCUT2D eigenvalue weighted by molar-refractivity contribution is 5.74. The van der Waals surface area contributed by atoms with E-state index in [1.807, 2.05) is 0 Å². The molecule has 1 saturated heterocycles. The van der Waals surface area contributed by atoms with Crippen molar-refractivity contribution in [1.82, 2.24) is 15.5 Å². The first-order valence-corrected chi connectivity index (χ1v) is 6.40. The van der Waals surface area contributed by atoms with Crippen molar-refractivity contribution in [1.29, 1.82) is 0 Å². The van der Waals surface area contributed by atoms with Gasteiger partial charge in [0, 0.05) is 32.7 Å². The monoisotopic (exact) mass is 274 g/mol. The van der Waals surface area contributed by atoms with Crippen LogP contribution in [-0.2, 0) is 9.53 Å². The van der Waals surface area contributed by atoms with Gasteiger partial charge < -0.3 is 26.2 Å². The molecule has 0 spiro atoms. The molecule has 1 aliphatic rings. The zero-order valence-electron chi connectivity index (χ0n) is 10.9. The van der Waals surface area contributed by atoms with E-state index in [-0.39, 0.29) is 19.0 Å². The van der Waals surface area contributed by atoms with Gasteiger partial charge in [-0.05, 0) is 6.42 Å². The maximum atomic E-state index is 11.4. The Bertz CT molecular complexity index is 294. The predicted octanol–water partition coefficient (Wildman–Crippen LogP) is -1.58. The van der Waals surface area contributed by atoms with Crippen molar-refractivity contribution in [3.63, 3.8) is 0 Å². The molecule has 19 heavy (non-hydrogen) atoms. The normalized spacial score (nSPS) is 17.7. The second-order valence-corrected chi connectivity index (χ2v) is 4.37. The molecule has 1 aliphatic heterocycles. The molecule has 1 unspecified atom stereocenters. The molecule has 2 amide bonds. The summed E-state index contributed by atoms with van der Waals surface area (Å²) in [4.78, 5) is 24.0. The second-order valence-electron chi connectivity index (χ2n) is 4.37. The number of rotatable bonds is 7. The number of carboxylic acid groups (broad SMARTS) is 1. The fraction of sp³-hybridized carbons (Fsp3) is 0.818. The Morgan fingerprint density at radius 2 is 1.89 bits per heavy atom. The molecular weight excluding hydrogens is 252 g/mol. The summed E-state index contributed by atoms with van der Waals surface area (Å²) < 4.78 is 5.22. The number of morpholine rings is 1. The number of amides is 2. The number of carbonyl (C=O) groups excluding carboxylic acids is 1. The molecule has 0 saturated carbocycles. The van der Waals surface area contributed by atoms with Gasteiger partial charge >= 0.3 is 12.0 Å². The van der Waals surface area contributed by atoms with Crippen LogP contribution in [0.2, 0.25) is 0 Å². The maximum Gasteiger partial charge on any atom is 0.320 e. The van der Waals surface area contributed by atoms with E-state index in [1.54, 1.807) is 0 Å². The smallest absolute Gasteiger partial charge is 0.320 e. The molecule has 0 bridgehead atoms. The predicted molar refractivity (Wildman–Crippen MR) is 68.9 cm³/mol. The molecule has 1 heterocycles. The second kappa shape index (κ2) is 8.68. The van der Waals surface area contributed by atoms with Gasteiger partial charge in [0.05, 0.1) is 13.2 Å². The number of aliphatic carboxylic acids is 1. The van der Waals surface area contributed by atoms with E-state index in [4.69, 9.17) is 15.6 Å². The number of nitrogens with one attached hydrogen (secondary N) is 2. The van der Waals surface area contributed by atoms with E-state index in [9.17, 15) is 9.59 Å². The van der Waals surface area contributed by atoms with Gasteiger partial charge in [-0.3, -0.25) is 9.69 Å². The maximum absolute atomic E-state index is 11.4. The first kappa shape index (κ1) is 15.7. The van der Waals surface area contributed by atoms with Crippen LogP contribution in [0.25, 0.3) is 0 Å². The Morgan fingerprint density at radius 1 is 1.26 bits per heavy atom. The number of urea groups is 1. The van der Waals surface area contributed by atoms with E-state index in [0.717, 1.165) is 32.8 Å². The van der Waals surface area contributed by atoms with Crippen LogP contribution in [0.3, 0.4) is 0 Å². The zero-order valence-corrected chi connectivity index (χ0v) is 10.9. The zero-order chi connectivity index (χ0) is 14.1. The molecule has 1 rings (SSSR count). The largest absolute Gasteiger partial charge is 0.480 e. The third-order valence-electron chi connectivity index (χ3n) is 2.88.